The van der Waals surface area contributed by atoms with Gasteiger partial charge in [0, 0.05) is 10.7 Å². The molecule has 5 nitrogen and oxygen atoms in total. The zero-order chi connectivity index (χ0) is 18.8. The van der Waals surface area contributed by atoms with Gasteiger partial charge in [-0.15, -0.1) is 0 Å². The predicted octanol–water partition coefficient (Wildman–Crippen LogP) is 3.67. The van der Waals surface area contributed by atoms with Crippen LogP contribution < -0.4 is 9.62 Å². The molecule has 0 saturated carbocycles. The third-order valence-corrected chi connectivity index (χ3v) is 5.13. The van der Waals surface area contributed by atoms with Crippen molar-refractivity contribution in [3.63, 3.8) is 0 Å². The predicted molar refractivity (Wildman–Crippen MR) is 103 cm³/mol. The van der Waals surface area contributed by atoms with E-state index in [4.69, 9.17) is 11.6 Å². The van der Waals surface area contributed by atoms with Gasteiger partial charge in [0.1, 0.15) is 6.54 Å². The van der Waals surface area contributed by atoms with Gasteiger partial charge < -0.3 is 5.32 Å². The molecule has 7 heteroatoms. The Morgan fingerprint density at radius 2 is 1.76 bits per heavy atom. The van der Waals surface area contributed by atoms with E-state index >= 15 is 0 Å². The number of halogens is 1. The van der Waals surface area contributed by atoms with Crippen molar-refractivity contribution in [2.24, 2.45) is 0 Å². The van der Waals surface area contributed by atoms with Gasteiger partial charge in [-0.3, -0.25) is 9.10 Å². The van der Waals surface area contributed by atoms with Crippen molar-refractivity contribution < 1.29 is 13.2 Å². The van der Waals surface area contributed by atoms with Gasteiger partial charge >= 0.3 is 0 Å². The van der Waals surface area contributed by atoms with Crippen molar-refractivity contribution in [3.8, 4) is 0 Å². The summed E-state index contributed by atoms with van der Waals surface area (Å²) < 4.78 is 25.4. The number of sulfonamides is 1. The Morgan fingerprint density at radius 3 is 2.32 bits per heavy atom. The van der Waals surface area contributed by atoms with Gasteiger partial charge in [-0.05, 0) is 56.2 Å². The average Bonchev–Trinajstić information content (AvgIpc) is 2.47. The lowest BCUT2D eigenvalue weighted by Gasteiger charge is -2.24. The quantitative estimate of drug-likeness (QED) is 0.860. The summed E-state index contributed by atoms with van der Waals surface area (Å²) >= 11 is 5.93. The average molecular weight is 381 g/mol. The van der Waals surface area contributed by atoms with E-state index in [9.17, 15) is 13.2 Å². The van der Waals surface area contributed by atoms with Crippen LogP contribution >= 0.6 is 11.6 Å². The molecule has 0 unspecified atom stereocenters. The van der Waals surface area contributed by atoms with E-state index in [-0.39, 0.29) is 6.54 Å². The Morgan fingerprint density at radius 1 is 1.08 bits per heavy atom. The first-order valence-electron chi connectivity index (χ1n) is 7.69. The minimum atomic E-state index is -3.63. The molecule has 0 aromatic heterocycles. The van der Waals surface area contributed by atoms with Crippen LogP contribution in [0.1, 0.15) is 16.7 Å². The number of rotatable bonds is 5. The summed E-state index contributed by atoms with van der Waals surface area (Å²) in [7, 11) is -3.63. The number of carbonyl (C=O) groups excluding carboxylic acids is 1. The number of carbonyl (C=O) groups is 1. The van der Waals surface area contributed by atoms with Crippen LogP contribution in [0, 0.1) is 20.8 Å². The highest BCUT2D eigenvalue weighted by Gasteiger charge is 2.22. The molecule has 134 valence electrons. The standard InChI is InChI=1S/C18H21ClN2O3S/c1-12-5-7-16(13(2)9-12)20-18(22)11-21(25(4,23)24)17-8-6-15(19)10-14(17)3/h5-10H,11H2,1-4H3,(H,20,22). The maximum Gasteiger partial charge on any atom is 0.245 e. The molecule has 2 aromatic carbocycles. The van der Waals surface area contributed by atoms with E-state index in [1.807, 2.05) is 26.0 Å². The van der Waals surface area contributed by atoms with Crippen LogP contribution in [0.4, 0.5) is 11.4 Å². The highest BCUT2D eigenvalue weighted by molar-refractivity contribution is 7.92. The summed E-state index contributed by atoms with van der Waals surface area (Å²) in [5.41, 5.74) is 3.78. The highest BCUT2D eigenvalue weighted by Crippen LogP contribution is 2.25. The highest BCUT2D eigenvalue weighted by atomic mass is 35.5. The monoisotopic (exact) mass is 380 g/mol. The summed E-state index contributed by atoms with van der Waals surface area (Å²) in [5, 5.41) is 3.28. The molecule has 1 N–H and O–H groups in total. The molecule has 0 fully saturated rings. The first kappa shape index (κ1) is 19.3. The Hall–Kier alpha value is -2.05. The minimum Gasteiger partial charge on any atom is -0.324 e. The molecule has 0 aliphatic rings. The van der Waals surface area contributed by atoms with Crippen LogP contribution in [0.2, 0.25) is 5.02 Å². The van der Waals surface area contributed by atoms with Crippen molar-refractivity contribution in [1.29, 1.82) is 0 Å². The third-order valence-electron chi connectivity index (χ3n) is 3.77. The molecule has 0 aliphatic carbocycles. The number of hydrogen-bond acceptors (Lipinski definition) is 3. The van der Waals surface area contributed by atoms with Gasteiger partial charge in [0.05, 0.1) is 11.9 Å². The van der Waals surface area contributed by atoms with Crippen molar-refractivity contribution in [2.75, 3.05) is 22.4 Å². The van der Waals surface area contributed by atoms with Gasteiger partial charge in [0.2, 0.25) is 15.9 Å². The summed E-state index contributed by atoms with van der Waals surface area (Å²) in [6, 6.07) is 10.5. The molecule has 0 saturated heterocycles. The first-order chi connectivity index (χ1) is 11.6. The van der Waals surface area contributed by atoms with Crippen molar-refractivity contribution in [1.82, 2.24) is 0 Å². The fourth-order valence-corrected chi connectivity index (χ4v) is 3.69. The minimum absolute atomic E-state index is 0.311. The molecule has 2 rings (SSSR count). The number of nitrogens with zero attached hydrogens (tertiary/aromatic N) is 1. The van der Waals surface area contributed by atoms with E-state index in [0.29, 0.717) is 22.0 Å². The molecule has 0 bridgehead atoms. The van der Waals surface area contributed by atoms with Crippen molar-refractivity contribution in [2.45, 2.75) is 20.8 Å². The Labute approximate surface area is 153 Å². The maximum atomic E-state index is 12.4. The summed E-state index contributed by atoms with van der Waals surface area (Å²) in [4.78, 5) is 12.4. The summed E-state index contributed by atoms with van der Waals surface area (Å²) in [6.45, 7) is 5.30. The Bertz CT molecular complexity index is 911. The van der Waals surface area contributed by atoms with Crippen molar-refractivity contribution >= 4 is 38.9 Å². The number of benzene rings is 2. The largest absolute Gasteiger partial charge is 0.324 e. The van der Waals surface area contributed by atoms with Gasteiger partial charge in [-0.25, -0.2) is 8.42 Å². The smallest absolute Gasteiger partial charge is 0.245 e. The van der Waals surface area contributed by atoms with E-state index in [2.05, 4.69) is 5.32 Å². The SMILES string of the molecule is Cc1ccc(NC(=O)CN(c2ccc(Cl)cc2C)S(C)(=O)=O)c(C)c1. The van der Waals surface area contributed by atoms with E-state index in [1.165, 1.54) is 0 Å². The van der Waals surface area contributed by atoms with Gasteiger partial charge in [0.15, 0.2) is 0 Å². The van der Waals surface area contributed by atoms with E-state index in [1.54, 1.807) is 31.2 Å². The lowest BCUT2D eigenvalue weighted by atomic mass is 10.1. The van der Waals surface area contributed by atoms with Gasteiger partial charge in [0.25, 0.3) is 0 Å². The second-order valence-electron chi connectivity index (χ2n) is 6.07. The van der Waals surface area contributed by atoms with Crippen LogP contribution in [0.25, 0.3) is 0 Å². The van der Waals surface area contributed by atoms with Gasteiger partial charge in [-0.1, -0.05) is 29.3 Å². The third kappa shape index (κ3) is 4.96. The van der Waals surface area contributed by atoms with E-state index < -0.39 is 15.9 Å². The molecule has 0 aliphatic heterocycles. The zero-order valence-corrected chi connectivity index (χ0v) is 16.2. The Kier molecular flexibility index (Phi) is 5.75. The summed E-state index contributed by atoms with van der Waals surface area (Å²) in [5.74, 6) is -0.410. The topological polar surface area (TPSA) is 66.5 Å². The number of nitrogens with one attached hydrogen (secondary N) is 1. The number of amides is 1. The van der Waals surface area contributed by atoms with Crippen LogP contribution in [-0.2, 0) is 14.8 Å². The number of hydrogen-bond donors (Lipinski definition) is 1. The number of aryl methyl sites for hydroxylation is 3. The molecular weight excluding hydrogens is 360 g/mol. The van der Waals surface area contributed by atoms with Gasteiger partial charge in [-0.2, -0.15) is 0 Å². The van der Waals surface area contributed by atoms with Crippen LogP contribution in [-0.4, -0.2) is 27.1 Å². The lowest BCUT2D eigenvalue weighted by Crippen LogP contribution is -2.38. The van der Waals surface area contributed by atoms with Crippen LogP contribution in [0.15, 0.2) is 36.4 Å². The molecule has 1 amide bonds. The lowest BCUT2D eigenvalue weighted by molar-refractivity contribution is -0.114. The molecule has 0 heterocycles. The number of anilines is 2. The molecular formula is C18H21ClN2O3S. The molecule has 0 radical (unpaired) electrons. The zero-order valence-electron chi connectivity index (χ0n) is 14.6. The second kappa shape index (κ2) is 7.45. The molecule has 25 heavy (non-hydrogen) atoms. The van der Waals surface area contributed by atoms with Crippen molar-refractivity contribution in [3.05, 3.63) is 58.1 Å². The molecule has 2 aromatic rings. The normalized spacial score (nSPS) is 11.2. The van der Waals surface area contributed by atoms with Crippen LogP contribution in [0.3, 0.4) is 0 Å². The molecule has 0 spiro atoms. The van der Waals surface area contributed by atoms with Crippen LogP contribution in [0.5, 0.6) is 0 Å². The fraction of sp³-hybridized carbons (Fsp3) is 0.278. The summed E-state index contributed by atoms with van der Waals surface area (Å²) in [6.07, 6.45) is 1.07. The maximum absolute atomic E-state index is 12.4. The fourth-order valence-electron chi connectivity index (χ4n) is 2.55. The molecule has 0 atom stereocenters. The first-order valence-corrected chi connectivity index (χ1v) is 9.91. The second-order valence-corrected chi connectivity index (χ2v) is 8.41. The van der Waals surface area contributed by atoms with E-state index in [0.717, 1.165) is 21.7 Å². The Balaban J connectivity index is 2.27.